The van der Waals surface area contributed by atoms with Crippen LogP contribution < -0.4 is 11.1 Å². The van der Waals surface area contributed by atoms with Crippen LogP contribution in [0.15, 0.2) is 0 Å². The van der Waals surface area contributed by atoms with Gasteiger partial charge in [-0.2, -0.15) is 0 Å². The van der Waals surface area contributed by atoms with E-state index < -0.39 is 17.9 Å². The number of amides is 1. The number of nitrogens with two attached hydrogens (primary N) is 1. The molecule has 94 valence electrons. The van der Waals surface area contributed by atoms with Gasteiger partial charge in [0.2, 0.25) is 5.91 Å². The first-order chi connectivity index (χ1) is 7.49. The highest BCUT2D eigenvalue weighted by Gasteiger charge is 2.22. The molecule has 0 fully saturated rings. The van der Waals surface area contributed by atoms with E-state index in [1.165, 1.54) is 0 Å². The summed E-state index contributed by atoms with van der Waals surface area (Å²) in [5.74, 6) is -1.27. The molecule has 0 rings (SSSR count). The maximum Gasteiger partial charge on any atom is 0.332 e. The van der Waals surface area contributed by atoms with Crippen LogP contribution in [0.2, 0.25) is 0 Å². The van der Waals surface area contributed by atoms with Crippen LogP contribution in [0.4, 0.5) is 0 Å². The van der Waals surface area contributed by atoms with Crippen molar-refractivity contribution in [1.29, 1.82) is 0 Å². The van der Waals surface area contributed by atoms with E-state index in [1.807, 2.05) is 13.8 Å². The first kappa shape index (κ1) is 14.9. The summed E-state index contributed by atoms with van der Waals surface area (Å²) in [7, 11) is 0. The summed E-state index contributed by atoms with van der Waals surface area (Å²) in [6.45, 7) is 6.36. The van der Waals surface area contributed by atoms with E-state index in [4.69, 9.17) is 10.5 Å². The molecule has 0 saturated carbocycles. The monoisotopic (exact) mass is 232 g/mol. The Morgan fingerprint density at radius 3 is 2.50 bits per heavy atom. The van der Waals surface area contributed by atoms with Gasteiger partial charge in [0.25, 0.3) is 0 Å². The lowest BCUT2D eigenvalue weighted by Gasteiger charge is -2.12. The molecule has 16 heavy (non-hydrogen) atoms. The highest BCUT2D eigenvalue weighted by Crippen LogP contribution is 1.88. The molecule has 0 aromatic rings. The largest absolute Gasteiger partial charge is 0.464 e. The van der Waals surface area contributed by atoms with Crippen LogP contribution in [-0.2, 0) is 19.1 Å². The summed E-state index contributed by atoms with van der Waals surface area (Å²) in [5.41, 5.74) is 5.36. The van der Waals surface area contributed by atoms with Gasteiger partial charge in [0.1, 0.15) is 0 Å². The standard InChI is InChI=1S/C10H20N2O4/c1-4-15-10(14)8(11)9(13)12-5-6-16-7(2)3/h7-8H,4-6,11H2,1-3H3,(H,12,13). The number of carbonyl (C=O) groups excluding carboxylic acids is 2. The van der Waals surface area contributed by atoms with Crippen LogP contribution in [0.5, 0.6) is 0 Å². The molecule has 0 aliphatic rings. The molecule has 0 spiro atoms. The van der Waals surface area contributed by atoms with Crippen LogP contribution in [0, 0.1) is 0 Å². The first-order valence-electron chi connectivity index (χ1n) is 5.30. The fraction of sp³-hybridized carbons (Fsp3) is 0.800. The van der Waals surface area contributed by atoms with Crippen molar-refractivity contribution < 1.29 is 19.1 Å². The zero-order valence-electron chi connectivity index (χ0n) is 9.99. The average molecular weight is 232 g/mol. The topological polar surface area (TPSA) is 90.7 Å². The van der Waals surface area contributed by atoms with Crippen molar-refractivity contribution in [2.75, 3.05) is 19.8 Å². The van der Waals surface area contributed by atoms with E-state index in [9.17, 15) is 9.59 Å². The lowest BCUT2D eigenvalue weighted by Crippen LogP contribution is -2.47. The first-order valence-corrected chi connectivity index (χ1v) is 5.30. The average Bonchev–Trinajstić information content (AvgIpc) is 2.23. The van der Waals surface area contributed by atoms with E-state index in [2.05, 4.69) is 10.1 Å². The van der Waals surface area contributed by atoms with Crippen molar-refractivity contribution in [2.24, 2.45) is 5.73 Å². The lowest BCUT2D eigenvalue weighted by atomic mass is 10.3. The van der Waals surface area contributed by atoms with Crippen LogP contribution in [0.25, 0.3) is 0 Å². The van der Waals surface area contributed by atoms with Crippen LogP contribution in [0.3, 0.4) is 0 Å². The Morgan fingerprint density at radius 2 is 2.00 bits per heavy atom. The van der Waals surface area contributed by atoms with E-state index in [1.54, 1.807) is 6.92 Å². The quantitative estimate of drug-likeness (QED) is 0.348. The Balaban J connectivity index is 3.75. The minimum atomic E-state index is -1.26. The van der Waals surface area contributed by atoms with Gasteiger partial charge < -0.3 is 20.5 Å². The van der Waals surface area contributed by atoms with Crippen LogP contribution in [-0.4, -0.2) is 43.8 Å². The SMILES string of the molecule is CCOC(=O)C(N)C(=O)NCCOC(C)C. The van der Waals surface area contributed by atoms with Gasteiger partial charge in [-0.05, 0) is 20.8 Å². The number of nitrogens with one attached hydrogen (secondary N) is 1. The van der Waals surface area contributed by atoms with Crippen molar-refractivity contribution >= 4 is 11.9 Å². The molecule has 0 aliphatic carbocycles. The summed E-state index contributed by atoms with van der Waals surface area (Å²) in [5, 5.41) is 2.49. The lowest BCUT2D eigenvalue weighted by molar-refractivity contribution is -0.148. The molecule has 0 aromatic carbocycles. The maximum absolute atomic E-state index is 11.3. The van der Waals surface area contributed by atoms with Gasteiger partial charge >= 0.3 is 5.97 Å². The van der Waals surface area contributed by atoms with E-state index in [-0.39, 0.29) is 12.7 Å². The van der Waals surface area contributed by atoms with E-state index in [0.29, 0.717) is 13.2 Å². The molecule has 1 unspecified atom stereocenters. The van der Waals surface area contributed by atoms with Gasteiger partial charge in [-0.3, -0.25) is 4.79 Å². The maximum atomic E-state index is 11.3. The summed E-state index contributed by atoms with van der Waals surface area (Å²) in [4.78, 5) is 22.4. The zero-order chi connectivity index (χ0) is 12.6. The Hall–Kier alpha value is -1.14. The number of ether oxygens (including phenoxy) is 2. The van der Waals surface area contributed by atoms with Gasteiger partial charge in [0, 0.05) is 6.54 Å². The second-order valence-corrected chi connectivity index (χ2v) is 3.44. The number of hydrogen-bond acceptors (Lipinski definition) is 5. The van der Waals surface area contributed by atoms with Gasteiger partial charge in [0.15, 0.2) is 6.04 Å². The molecule has 0 bridgehead atoms. The third-order valence-electron chi connectivity index (χ3n) is 1.68. The molecule has 6 nitrogen and oxygen atoms in total. The minimum absolute atomic E-state index is 0.107. The number of carbonyl (C=O) groups is 2. The fourth-order valence-corrected chi connectivity index (χ4v) is 0.918. The molecule has 3 N–H and O–H groups in total. The highest BCUT2D eigenvalue weighted by atomic mass is 16.5. The normalized spacial score (nSPS) is 12.3. The van der Waals surface area contributed by atoms with E-state index in [0.717, 1.165) is 0 Å². The van der Waals surface area contributed by atoms with E-state index >= 15 is 0 Å². The third kappa shape index (κ3) is 6.36. The molecular formula is C10H20N2O4. The molecule has 0 radical (unpaired) electrons. The summed E-state index contributed by atoms with van der Waals surface area (Å²) in [6, 6.07) is -1.26. The van der Waals surface area contributed by atoms with Gasteiger partial charge in [0.05, 0.1) is 19.3 Å². The molecule has 6 heteroatoms. The second-order valence-electron chi connectivity index (χ2n) is 3.44. The molecule has 1 amide bonds. The number of esters is 1. The van der Waals surface area contributed by atoms with Gasteiger partial charge in [-0.25, -0.2) is 4.79 Å². The van der Waals surface area contributed by atoms with Crippen molar-refractivity contribution in [3.63, 3.8) is 0 Å². The van der Waals surface area contributed by atoms with Gasteiger partial charge in [-0.15, -0.1) is 0 Å². The smallest absolute Gasteiger partial charge is 0.332 e. The minimum Gasteiger partial charge on any atom is -0.464 e. The Kier molecular flexibility index (Phi) is 7.49. The predicted octanol–water partition coefficient (Wildman–Crippen LogP) is -0.582. The Bertz CT molecular complexity index is 231. The highest BCUT2D eigenvalue weighted by molar-refractivity contribution is 6.01. The Morgan fingerprint density at radius 1 is 1.38 bits per heavy atom. The molecule has 0 aromatic heterocycles. The predicted molar refractivity (Wildman–Crippen MR) is 58.7 cm³/mol. The van der Waals surface area contributed by atoms with Crippen LogP contribution in [0.1, 0.15) is 20.8 Å². The fourth-order valence-electron chi connectivity index (χ4n) is 0.918. The molecule has 0 aliphatic heterocycles. The summed E-state index contributed by atoms with van der Waals surface area (Å²) in [6.07, 6.45) is 0.107. The van der Waals surface area contributed by atoms with Crippen molar-refractivity contribution in [3.8, 4) is 0 Å². The summed E-state index contributed by atoms with van der Waals surface area (Å²) >= 11 is 0. The molecule has 0 heterocycles. The van der Waals surface area contributed by atoms with Crippen molar-refractivity contribution in [1.82, 2.24) is 5.32 Å². The van der Waals surface area contributed by atoms with Crippen molar-refractivity contribution in [3.05, 3.63) is 0 Å². The molecule has 1 atom stereocenters. The number of hydrogen-bond donors (Lipinski definition) is 2. The molecular weight excluding hydrogens is 212 g/mol. The second kappa shape index (κ2) is 8.06. The van der Waals surface area contributed by atoms with Crippen molar-refractivity contribution in [2.45, 2.75) is 32.9 Å². The zero-order valence-corrected chi connectivity index (χ0v) is 9.99. The number of rotatable bonds is 7. The van der Waals surface area contributed by atoms with Gasteiger partial charge in [-0.1, -0.05) is 0 Å². The van der Waals surface area contributed by atoms with Crippen LogP contribution >= 0.6 is 0 Å². The third-order valence-corrected chi connectivity index (χ3v) is 1.68. The summed E-state index contributed by atoms with van der Waals surface area (Å²) < 4.78 is 9.82. The molecule has 0 saturated heterocycles. The Labute approximate surface area is 95.5 Å².